The molecular formula is C14H20N4O2. The van der Waals surface area contributed by atoms with E-state index in [1.165, 1.54) is 0 Å². The molecule has 0 radical (unpaired) electrons. The standard InChI is InChI=1S/C14H20N4O2/c1-12(19)18-8-6-17(7-9-18)11-14(20)16-10-13-4-2-3-5-15-13/h2-5H,6-11H2,1H3,(H,16,20). The third-order valence-corrected chi connectivity index (χ3v) is 3.38. The fourth-order valence-corrected chi connectivity index (χ4v) is 2.17. The Bertz CT molecular complexity index is 456. The lowest BCUT2D eigenvalue weighted by Crippen LogP contribution is -2.50. The summed E-state index contributed by atoms with van der Waals surface area (Å²) in [5, 5.41) is 2.86. The molecule has 108 valence electrons. The molecule has 0 unspecified atom stereocenters. The van der Waals surface area contributed by atoms with Crippen molar-refractivity contribution in [3.8, 4) is 0 Å². The van der Waals surface area contributed by atoms with Crippen LogP contribution in [0.2, 0.25) is 0 Å². The Hall–Kier alpha value is -1.95. The molecule has 1 aromatic heterocycles. The van der Waals surface area contributed by atoms with E-state index in [4.69, 9.17) is 0 Å². The highest BCUT2D eigenvalue weighted by molar-refractivity contribution is 5.78. The average Bonchev–Trinajstić information content (AvgIpc) is 2.47. The number of amides is 2. The predicted octanol–water partition coefficient (Wildman–Crippen LogP) is -0.138. The van der Waals surface area contributed by atoms with Gasteiger partial charge in [-0.3, -0.25) is 19.5 Å². The van der Waals surface area contributed by atoms with E-state index >= 15 is 0 Å². The van der Waals surface area contributed by atoms with Gasteiger partial charge in [-0.25, -0.2) is 0 Å². The molecule has 1 fully saturated rings. The van der Waals surface area contributed by atoms with E-state index in [9.17, 15) is 9.59 Å². The molecule has 0 atom stereocenters. The molecule has 0 spiro atoms. The maximum absolute atomic E-state index is 11.8. The largest absolute Gasteiger partial charge is 0.349 e. The van der Waals surface area contributed by atoms with Crippen molar-refractivity contribution >= 4 is 11.8 Å². The van der Waals surface area contributed by atoms with Crippen LogP contribution in [-0.4, -0.2) is 59.3 Å². The van der Waals surface area contributed by atoms with E-state index in [2.05, 4.69) is 15.2 Å². The van der Waals surface area contributed by atoms with Crippen LogP contribution in [0.15, 0.2) is 24.4 Å². The van der Waals surface area contributed by atoms with E-state index in [0.29, 0.717) is 26.2 Å². The second-order valence-electron chi connectivity index (χ2n) is 4.88. The highest BCUT2D eigenvalue weighted by Gasteiger charge is 2.19. The van der Waals surface area contributed by atoms with Crippen LogP contribution in [0.3, 0.4) is 0 Å². The summed E-state index contributed by atoms with van der Waals surface area (Å²) in [6.45, 7) is 5.29. The molecule has 6 heteroatoms. The molecule has 2 amide bonds. The van der Waals surface area contributed by atoms with Crippen molar-refractivity contribution < 1.29 is 9.59 Å². The number of nitrogens with zero attached hydrogens (tertiary/aromatic N) is 3. The van der Waals surface area contributed by atoms with Crippen LogP contribution in [0.1, 0.15) is 12.6 Å². The van der Waals surface area contributed by atoms with Crippen molar-refractivity contribution in [2.75, 3.05) is 32.7 Å². The molecule has 1 saturated heterocycles. The highest BCUT2D eigenvalue weighted by Crippen LogP contribution is 2.01. The number of carbonyl (C=O) groups excluding carboxylic acids is 2. The lowest BCUT2D eigenvalue weighted by molar-refractivity contribution is -0.131. The Morgan fingerprint density at radius 3 is 2.60 bits per heavy atom. The van der Waals surface area contributed by atoms with E-state index in [1.54, 1.807) is 13.1 Å². The molecule has 1 aromatic rings. The molecule has 0 aliphatic carbocycles. The number of hydrogen-bond donors (Lipinski definition) is 1. The van der Waals surface area contributed by atoms with E-state index in [0.717, 1.165) is 18.8 Å². The molecular weight excluding hydrogens is 256 g/mol. The topological polar surface area (TPSA) is 65.5 Å². The molecule has 1 aliphatic heterocycles. The molecule has 20 heavy (non-hydrogen) atoms. The van der Waals surface area contributed by atoms with Gasteiger partial charge in [-0.15, -0.1) is 0 Å². The van der Waals surface area contributed by atoms with Gasteiger partial charge in [-0.05, 0) is 12.1 Å². The minimum atomic E-state index is -0.00747. The number of pyridine rings is 1. The van der Waals surface area contributed by atoms with Crippen molar-refractivity contribution in [1.29, 1.82) is 0 Å². The van der Waals surface area contributed by atoms with Gasteiger partial charge < -0.3 is 10.2 Å². The van der Waals surface area contributed by atoms with Gasteiger partial charge in [0.1, 0.15) is 0 Å². The SMILES string of the molecule is CC(=O)N1CCN(CC(=O)NCc2ccccn2)CC1. The third kappa shape index (κ3) is 4.31. The Morgan fingerprint density at radius 2 is 2.00 bits per heavy atom. The quantitative estimate of drug-likeness (QED) is 0.831. The smallest absolute Gasteiger partial charge is 0.234 e. The number of piperazine rings is 1. The van der Waals surface area contributed by atoms with E-state index in [-0.39, 0.29) is 11.8 Å². The number of rotatable bonds is 4. The Balaban J connectivity index is 1.69. The van der Waals surface area contributed by atoms with Crippen LogP contribution in [0.25, 0.3) is 0 Å². The van der Waals surface area contributed by atoms with Gasteiger partial charge in [0.05, 0.1) is 18.8 Å². The molecule has 2 rings (SSSR count). The summed E-state index contributed by atoms with van der Waals surface area (Å²) < 4.78 is 0. The van der Waals surface area contributed by atoms with Gasteiger partial charge in [0.25, 0.3) is 0 Å². The summed E-state index contributed by atoms with van der Waals surface area (Å²) in [7, 11) is 0. The lowest BCUT2D eigenvalue weighted by atomic mass is 10.3. The van der Waals surface area contributed by atoms with Crippen LogP contribution in [0.4, 0.5) is 0 Å². The monoisotopic (exact) mass is 276 g/mol. The Kier molecular flexibility index (Phi) is 5.06. The molecule has 0 bridgehead atoms. The molecule has 1 aliphatic rings. The average molecular weight is 276 g/mol. The van der Waals surface area contributed by atoms with Crippen molar-refractivity contribution in [3.63, 3.8) is 0 Å². The summed E-state index contributed by atoms with van der Waals surface area (Å²) in [6.07, 6.45) is 1.71. The summed E-state index contributed by atoms with van der Waals surface area (Å²) in [5.41, 5.74) is 0.849. The van der Waals surface area contributed by atoms with Gasteiger partial charge >= 0.3 is 0 Å². The van der Waals surface area contributed by atoms with Crippen LogP contribution in [0, 0.1) is 0 Å². The second-order valence-corrected chi connectivity index (χ2v) is 4.88. The van der Waals surface area contributed by atoms with Crippen molar-refractivity contribution in [1.82, 2.24) is 20.1 Å². The zero-order valence-electron chi connectivity index (χ0n) is 11.7. The zero-order valence-corrected chi connectivity index (χ0v) is 11.7. The first-order valence-corrected chi connectivity index (χ1v) is 6.79. The van der Waals surface area contributed by atoms with Crippen LogP contribution in [-0.2, 0) is 16.1 Å². The van der Waals surface area contributed by atoms with E-state index in [1.807, 2.05) is 23.1 Å². The minimum Gasteiger partial charge on any atom is -0.349 e. The maximum Gasteiger partial charge on any atom is 0.234 e. The fraction of sp³-hybridized carbons (Fsp3) is 0.500. The van der Waals surface area contributed by atoms with Crippen molar-refractivity contribution in [2.45, 2.75) is 13.5 Å². The van der Waals surface area contributed by atoms with Crippen LogP contribution in [0.5, 0.6) is 0 Å². The number of hydrogen-bond acceptors (Lipinski definition) is 4. The number of nitrogens with one attached hydrogen (secondary N) is 1. The van der Waals surface area contributed by atoms with Gasteiger partial charge in [-0.1, -0.05) is 6.07 Å². The first-order chi connectivity index (χ1) is 9.65. The van der Waals surface area contributed by atoms with Crippen molar-refractivity contribution in [2.24, 2.45) is 0 Å². The molecule has 2 heterocycles. The Morgan fingerprint density at radius 1 is 1.25 bits per heavy atom. The molecule has 6 nitrogen and oxygen atoms in total. The number of carbonyl (C=O) groups is 2. The fourth-order valence-electron chi connectivity index (χ4n) is 2.17. The highest BCUT2D eigenvalue weighted by atomic mass is 16.2. The zero-order chi connectivity index (χ0) is 14.4. The van der Waals surface area contributed by atoms with E-state index < -0.39 is 0 Å². The van der Waals surface area contributed by atoms with Gasteiger partial charge in [0.2, 0.25) is 11.8 Å². The summed E-state index contributed by atoms with van der Waals surface area (Å²) in [5.74, 6) is 0.0937. The molecule has 1 N–H and O–H groups in total. The van der Waals surface area contributed by atoms with Gasteiger partial charge in [-0.2, -0.15) is 0 Å². The predicted molar refractivity (Wildman–Crippen MR) is 74.8 cm³/mol. The summed E-state index contributed by atoms with van der Waals surface area (Å²) >= 11 is 0. The normalized spacial score (nSPS) is 15.9. The summed E-state index contributed by atoms with van der Waals surface area (Å²) in [6, 6.07) is 5.63. The third-order valence-electron chi connectivity index (χ3n) is 3.38. The van der Waals surface area contributed by atoms with Crippen molar-refractivity contribution in [3.05, 3.63) is 30.1 Å². The number of aromatic nitrogens is 1. The second kappa shape index (κ2) is 7.00. The molecule has 0 aromatic carbocycles. The minimum absolute atomic E-state index is 0.00747. The maximum atomic E-state index is 11.8. The summed E-state index contributed by atoms with van der Waals surface area (Å²) in [4.78, 5) is 31.1. The van der Waals surface area contributed by atoms with Gasteiger partial charge in [0, 0.05) is 39.3 Å². The van der Waals surface area contributed by atoms with Crippen LogP contribution < -0.4 is 5.32 Å². The first-order valence-electron chi connectivity index (χ1n) is 6.79. The lowest BCUT2D eigenvalue weighted by Gasteiger charge is -2.33. The van der Waals surface area contributed by atoms with Gasteiger partial charge in [0.15, 0.2) is 0 Å². The van der Waals surface area contributed by atoms with Crippen LogP contribution >= 0.6 is 0 Å². The Labute approximate surface area is 118 Å². The first kappa shape index (κ1) is 14.5. The molecule has 0 saturated carbocycles.